The molecule has 3 nitrogen and oxygen atoms in total. The molecule has 1 aromatic heterocycles. The van der Waals surface area contributed by atoms with E-state index in [1.807, 2.05) is 0 Å². The second kappa shape index (κ2) is 10.1. The third kappa shape index (κ3) is 5.64. The van der Waals surface area contributed by atoms with E-state index >= 15 is 0 Å². The second-order valence-electron chi connectivity index (χ2n) is 13.8. The molecule has 4 rings (SSSR count). The first-order valence-corrected chi connectivity index (χ1v) is 16.9. The molecule has 37 heavy (non-hydrogen) atoms. The van der Waals surface area contributed by atoms with Crippen LogP contribution in [0.15, 0.2) is 30.3 Å². The van der Waals surface area contributed by atoms with E-state index in [1.54, 1.807) is 12.1 Å². The minimum absolute atomic E-state index is 0.0657. The fourth-order valence-corrected chi connectivity index (χ4v) is 6.97. The normalized spacial score (nSPS) is 20.6. The molecule has 1 N–H and O–H groups in total. The molecule has 2 aromatic rings. The van der Waals surface area contributed by atoms with Gasteiger partial charge in [-0.1, -0.05) is 66.7 Å². The number of nitrogens with zero attached hydrogens (tertiary/aromatic N) is 1. The van der Waals surface area contributed by atoms with Crippen LogP contribution in [0.1, 0.15) is 126 Å². The zero-order chi connectivity index (χ0) is 27.3. The van der Waals surface area contributed by atoms with Gasteiger partial charge in [-0.3, -0.25) is 4.98 Å². The Hall–Kier alpha value is -1.82. The van der Waals surface area contributed by atoms with Crippen LogP contribution >= 0.6 is 0 Å². The Kier molecular flexibility index (Phi) is 7.66. The topological polar surface area (TPSA) is 42.4 Å². The molecule has 0 amide bonds. The smallest absolute Gasteiger partial charge is 0.123 e. The quantitative estimate of drug-likeness (QED) is 0.384. The third-order valence-electron chi connectivity index (χ3n) is 8.70. The van der Waals surface area contributed by atoms with Crippen LogP contribution in [-0.2, 0) is 10.8 Å². The molecule has 5 heteroatoms. The SMILES string of the molecule is CC(C)c1nc2c(c(C3=CCCC3)c1[C@H](O)c1ccc(F)cc1)[C@@H](O[Si-](C)(C)C(C)(C)C)CC(C)(C)C2. The summed E-state index contributed by atoms with van der Waals surface area (Å²) in [5.41, 5.74) is 7.38. The molecule has 1 heterocycles. The van der Waals surface area contributed by atoms with E-state index in [1.165, 1.54) is 23.3 Å². The maximum Gasteiger partial charge on any atom is 0.123 e. The van der Waals surface area contributed by atoms with E-state index in [0.29, 0.717) is 5.56 Å². The van der Waals surface area contributed by atoms with Crippen molar-refractivity contribution in [2.24, 2.45) is 5.41 Å². The van der Waals surface area contributed by atoms with Crippen LogP contribution in [0.25, 0.3) is 5.57 Å². The number of fused-ring (bicyclic) bond motifs is 1. The van der Waals surface area contributed by atoms with Crippen LogP contribution < -0.4 is 0 Å². The summed E-state index contributed by atoms with van der Waals surface area (Å²) in [6.07, 6.45) is 6.40. The summed E-state index contributed by atoms with van der Waals surface area (Å²) in [6.45, 7) is 20.5. The van der Waals surface area contributed by atoms with Gasteiger partial charge in [-0.2, -0.15) is 0 Å². The van der Waals surface area contributed by atoms with E-state index in [4.69, 9.17) is 9.41 Å². The van der Waals surface area contributed by atoms with Crippen LogP contribution in [0.5, 0.6) is 0 Å². The van der Waals surface area contributed by atoms with Gasteiger partial charge in [0, 0.05) is 28.6 Å². The lowest BCUT2D eigenvalue weighted by molar-refractivity contribution is 0.105. The van der Waals surface area contributed by atoms with Crippen LogP contribution in [0.2, 0.25) is 18.1 Å². The van der Waals surface area contributed by atoms with Gasteiger partial charge in [0.25, 0.3) is 0 Å². The minimum atomic E-state index is -2.09. The molecule has 0 saturated heterocycles. The lowest BCUT2D eigenvalue weighted by Gasteiger charge is -2.53. The Morgan fingerprint density at radius 2 is 1.78 bits per heavy atom. The molecule has 203 valence electrons. The maximum absolute atomic E-state index is 13.8. The number of aliphatic hydroxyl groups excluding tert-OH is 1. The van der Waals surface area contributed by atoms with Crippen LogP contribution in [0, 0.1) is 11.2 Å². The summed E-state index contributed by atoms with van der Waals surface area (Å²) >= 11 is 0. The van der Waals surface area contributed by atoms with Gasteiger partial charge in [0.05, 0.1) is 0 Å². The molecule has 0 saturated carbocycles. The molecule has 2 atom stereocenters. The number of hydrogen-bond acceptors (Lipinski definition) is 3. The van der Waals surface area contributed by atoms with Crippen molar-refractivity contribution in [1.29, 1.82) is 0 Å². The van der Waals surface area contributed by atoms with Gasteiger partial charge in [0.2, 0.25) is 0 Å². The highest BCUT2D eigenvalue weighted by atomic mass is 28.4. The van der Waals surface area contributed by atoms with Crippen molar-refractivity contribution in [3.8, 4) is 0 Å². The largest absolute Gasteiger partial charge is 0.559 e. The highest BCUT2D eigenvalue weighted by Crippen LogP contribution is 2.52. The van der Waals surface area contributed by atoms with Gasteiger partial charge in [-0.05, 0) is 80.6 Å². The minimum Gasteiger partial charge on any atom is -0.559 e. The average molecular weight is 524 g/mol. The van der Waals surface area contributed by atoms with Crippen LogP contribution in [-0.4, -0.2) is 18.4 Å². The molecule has 0 aliphatic heterocycles. The fourth-order valence-electron chi connectivity index (χ4n) is 5.70. The monoisotopic (exact) mass is 523 g/mol. The lowest BCUT2D eigenvalue weighted by Crippen LogP contribution is -2.44. The highest BCUT2D eigenvalue weighted by Gasteiger charge is 2.40. The van der Waals surface area contributed by atoms with E-state index < -0.39 is 14.4 Å². The summed E-state index contributed by atoms with van der Waals surface area (Å²) in [5.74, 6) is -0.159. The predicted molar refractivity (Wildman–Crippen MR) is 154 cm³/mol. The van der Waals surface area contributed by atoms with Gasteiger partial charge < -0.3 is 9.53 Å². The Morgan fingerprint density at radius 1 is 1.14 bits per heavy atom. The number of allylic oxidation sites excluding steroid dienone is 2. The van der Waals surface area contributed by atoms with Crippen LogP contribution in [0.4, 0.5) is 4.39 Å². The zero-order valence-corrected chi connectivity index (χ0v) is 25.3. The van der Waals surface area contributed by atoms with E-state index in [2.05, 4.69) is 67.6 Å². The van der Waals surface area contributed by atoms with Crippen molar-refractivity contribution in [2.45, 2.75) is 117 Å². The van der Waals surface area contributed by atoms with E-state index in [9.17, 15) is 9.50 Å². The molecule has 0 unspecified atom stereocenters. The van der Waals surface area contributed by atoms with Crippen molar-refractivity contribution in [1.82, 2.24) is 4.98 Å². The van der Waals surface area contributed by atoms with Crippen molar-refractivity contribution in [2.75, 3.05) is 0 Å². The molecular formula is C32H46FNO2Si-. The average Bonchev–Trinajstić information content (AvgIpc) is 3.30. The van der Waals surface area contributed by atoms with Crippen molar-refractivity contribution < 1.29 is 13.9 Å². The van der Waals surface area contributed by atoms with Gasteiger partial charge in [-0.15, -0.1) is 18.1 Å². The zero-order valence-electron chi connectivity index (χ0n) is 24.3. The summed E-state index contributed by atoms with van der Waals surface area (Å²) < 4.78 is 21.0. The summed E-state index contributed by atoms with van der Waals surface area (Å²) in [4.78, 5) is 5.32. The van der Waals surface area contributed by atoms with Gasteiger partial charge in [-0.25, -0.2) is 4.39 Å². The van der Waals surface area contributed by atoms with E-state index in [0.717, 1.165) is 54.6 Å². The highest BCUT2D eigenvalue weighted by molar-refractivity contribution is 6.74. The number of halogens is 1. The molecule has 2 aliphatic carbocycles. The molecule has 0 radical (unpaired) electrons. The molecular weight excluding hydrogens is 477 g/mol. The van der Waals surface area contributed by atoms with Crippen molar-refractivity contribution >= 4 is 13.9 Å². The van der Waals surface area contributed by atoms with Gasteiger partial charge in [0.1, 0.15) is 11.9 Å². The first-order chi connectivity index (χ1) is 17.1. The fraction of sp³-hybridized carbons (Fsp3) is 0.594. The predicted octanol–water partition coefficient (Wildman–Crippen LogP) is 9.03. The van der Waals surface area contributed by atoms with Gasteiger partial charge in [0.15, 0.2) is 0 Å². The Balaban J connectivity index is 2.02. The number of aliphatic hydroxyl groups is 1. The summed E-state index contributed by atoms with van der Waals surface area (Å²) in [6, 6.07) is 6.26. The lowest BCUT2D eigenvalue weighted by atomic mass is 9.71. The molecule has 1 aromatic carbocycles. The van der Waals surface area contributed by atoms with Crippen LogP contribution in [0.3, 0.4) is 0 Å². The Bertz CT molecular complexity index is 1170. The molecule has 0 bridgehead atoms. The first kappa shape index (κ1) is 28.2. The summed E-state index contributed by atoms with van der Waals surface area (Å²) in [7, 11) is -2.09. The van der Waals surface area contributed by atoms with Crippen molar-refractivity contribution in [3.05, 3.63) is 69.8 Å². The Morgan fingerprint density at radius 3 is 2.32 bits per heavy atom. The number of benzene rings is 1. The number of hydrogen-bond donors (Lipinski definition) is 1. The standard InChI is InChI=1S/C32H46FNO2Si/c1-20(2)29-28(30(35)22-14-16-23(33)17-15-22)26(21-12-10-11-13-21)27-24(34-29)18-32(6,7)19-25(27)36-37(8,9)31(3,4)5/h12,14-17,20,25,30,35H,10-11,13,18-19H2,1-9H3/q-1/t25-,30+/m0/s1. The molecule has 0 spiro atoms. The summed E-state index contributed by atoms with van der Waals surface area (Å²) in [5, 5.41) is 12.0. The third-order valence-corrected chi connectivity index (χ3v) is 13.2. The first-order valence-electron chi connectivity index (χ1n) is 14.0. The van der Waals surface area contributed by atoms with Gasteiger partial charge >= 0.3 is 0 Å². The molecule has 2 aliphatic rings. The maximum atomic E-state index is 13.8. The van der Waals surface area contributed by atoms with E-state index in [-0.39, 0.29) is 28.3 Å². The number of rotatable bonds is 6. The van der Waals surface area contributed by atoms with Crippen molar-refractivity contribution in [3.63, 3.8) is 0 Å². The number of pyridine rings is 1. The second-order valence-corrected chi connectivity index (χ2v) is 18.5. The number of aromatic nitrogens is 1. The molecule has 0 fully saturated rings. The Labute approximate surface area is 224 Å².